The van der Waals surface area contributed by atoms with Gasteiger partial charge in [-0.05, 0) is 48.0 Å². The van der Waals surface area contributed by atoms with Gasteiger partial charge in [0.15, 0.2) is 5.75 Å². The summed E-state index contributed by atoms with van der Waals surface area (Å²) in [6.07, 6.45) is 3.42. The van der Waals surface area contributed by atoms with E-state index in [4.69, 9.17) is 9.47 Å². The Kier molecular flexibility index (Phi) is 5.94. The molecule has 3 aromatic carbocycles. The van der Waals surface area contributed by atoms with Gasteiger partial charge in [0.25, 0.3) is 0 Å². The Bertz CT molecular complexity index is 1340. The molecule has 1 N–H and O–H groups in total. The molecule has 0 bridgehead atoms. The summed E-state index contributed by atoms with van der Waals surface area (Å²) in [6, 6.07) is 35.1. The third-order valence-corrected chi connectivity index (χ3v) is 4.94. The second kappa shape index (κ2) is 9.66. The molecule has 0 radical (unpaired) electrons. The Balaban J connectivity index is 1.44. The van der Waals surface area contributed by atoms with Crippen molar-refractivity contribution in [2.45, 2.75) is 0 Å². The normalized spacial score (nSPS) is 10.4. The first-order valence-electron chi connectivity index (χ1n) is 10.6. The zero-order valence-corrected chi connectivity index (χ0v) is 17.8. The first-order valence-corrected chi connectivity index (χ1v) is 10.6. The van der Waals surface area contributed by atoms with Gasteiger partial charge < -0.3 is 14.8 Å². The zero-order valence-electron chi connectivity index (χ0n) is 17.8. The van der Waals surface area contributed by atoms with E-state index in [0.717, 1.165) is 28.3 Å². The number of nitrogens with one attached hydrogen (secondary N) is 1. The molecule has 5 nitrogen and oxygen atoms in total. The molecule has 2 aromatic heterocycles. The number of hydrogen-bond acceptors (Lipinski definition) is 5. The number of hydrogen-bond donors (Lipinski definition) is 1. The predicted octanol–water partition coefficient (Wildman–Crippen LogP) is 7.47. The van der Waals surface area contributed by atoms with E-state index in [1.807, 2.05) is 97.1 Å². The third-order valence-electron chi connectivity index (χ3n) is 4.94. The molecule has 0 aliphatic carbocycles. The molecule has 0 aliphatic heterocycles. The fraction of sp³-hybridized carbons (Fsp3) is 0. The van der Waals surface area contributed by atoms with Crippen molar-refractivity contribution in [3.8, 4) is 34.4 Å². The van der Waals surface area contributed by atoms with Crippen LogP contribution in [0.15, 0.2) is 122 Å². The number of benzene rings is 3. The summed E-state index contributed by atoms with van der Waals surface area (Å²) in [5.41, 5.74) is 3.85. The molecule has 5 heteroatoms. The van der Waals surface area contributed by atoms with Crippen LogP contribution in [-0.2, 0) is 0 Å². The van der Waals surface area contributed by atoms with E-state index >= 15 is 0 Å². The number of nitrogens with zero attached hydrogens (tertiary/aromatic N) is 2. The molecule has 0 atom stereocenters. The fourth-order valence-electron chi connectivity index (χ4n) is 3.42. The topological polar surface area (TPSA) is 56.3 Å². The molecule has 0 saturated carbocycles. The summed E-state index contributed by atoms with van der Waals surface area (Å²) in [4.78, 5) is 8.50. The standard InChI is InChI=1S/C28H21N3O2/c1-2-13-24(31-25-14-3-4-15-26(25)33-28-17-6-8-19-30-28)23(12-1)21-10-9-11-22(20-21)32-27-16-5-7-18-29-27/h1-20,31H. The number of rotatable bonds is 7. The summed E-state index contributed by atoms with van der Waals surface area (Å²) < 4.78 is 11.9. The SMILES string of the molecule is c1ccc(Oc2cccc(-c3ccccc3Nc3ccccc3Oc3ccccn3)c2)nc1. The van der Waals surface area contributed by atoms with Gasteiger partial charge in [0, 0.05) is 35.8 Å². The van der Waals surface area contributed by atoms with E-state index in [1.165, 1.54) is 0 Å². The summed E-state index contributed by atoms with van der Waals surface area (Å²) in [6.45, 7) is 0. The molecule has 33 heavy (non-hydrogen) atoms. The van der Waals surface area contributed by atoms with Gasteiger partial charge in [0.1, 0.15) is 5.75 Å². The first-order chi connectivity index (χ1) is 16.3. The van der Waals surface area contributed by atoms with Crippen LogP contribution < -0.4 is 14.8 Å². The van der Waals surface area contributed by atoms with E-state index < -0.39 is 0 Å². The Morgan fingerprint density at radius 2 is 1.21 bits per heavy atom. The fourth-order valence-corrected chi connectivity index (χ4v) is 3.42. The van der Waals surface area contributed by atoms with Crippen molar-refractivity contribution in [3.05, 3.63) is 122 Å². The van der Waals surface area contributed by atoms with Crippen LogP contribution in [0.4, 0.5) is 11.4 Å². The van der Waals surface area contributed by atoms with Gasteiger partial charge in [-0.25, -0.2) is 9.97 Å². The monoisotopic (exact) mass is 431 g/mol. The first kappa shape index (κ1) is 20.3. The van der Waals surface area contributed by atoms with Crippen LogP contribution in [0.3, 0.4) is 0 Å². The molecule has 5 aromatic rings. The molecule has 0 unspecified atom stereocenters. The van der Waals surface area contributed by atoms with Crippen LogP contribution in [0.1, 0.15) is 0 Å². The second-order valence-electron chi connectivity index (χ2n) is 7.23. The molecule has 5 rings (SSSR count). The van der Waals surface area contributed by atoms with Crippen LogP contribution in [0, 0.1) is 0 Å². The highest BCUT2D eigenvalue weighted by molar-refractivity contribution is 5.82. The second-order valence-corrected chi connectivity index (χ2v) is 7.23. The van der Waals surface area contributed by atoms with E-state index in [9.17, 15) is 0 Å². The van der Waals surface area contributed by atoms with Crippen molar-refractivity contribution in [1.29, 1.82) is 0 Å². The average molecular weight is 431 g/mol. The molecular weight excluding hydrogens is 410 g/mol. The Morgan fingerprint density at radius 3 is 1.97 bits per heavy atom. The van der Waals surface area contributed by atoms with E-state index in [1.54, 1.807) is 12.4 Å². The lowest BCUT2D eigenvalue weighted by Gasteiger charge is -2.16. The van der Waals surface area contributed by atoms with Gasteiger partial charge in [-0.1, -0.05) is 54.6 Å². The van der Waals surface area contributed by atoms with Gasteiger partial charge in [-0.3, -0.25) is 0 Å². The van der Waals surface area contributed by atoms with Gasteiger partial charge in [-0.15, -0.1) is 0 Å². The summed E-state index contributed by atoms with van der Waals surface area (Å²) in [7, 11) is 0. The minimum absolute atomic E-state index is 0.541. The molecule has 0 spiro atoms. The van der Waals surface area contributed by atoms with Crippen LogP contribution in [0.2, 0.25) is 0 Å². The van der Waals surface area contributed by atoms with Crippen LogP contribution >= 0.6 is 0 Å². The lowest BCUT2D eigenvalue weighted by atomic mass is 10.0. The van der Waals surface area contributed by atoms with Gasteiger partial charge in [0.05, 0.1) is 5.69 Å². The predicted molar refractivity (Wildman–Crippen MR) is 130 cm³/mol. The maximum Gasteiger partial charge on any atom is 0.219 e. The maximum absolute atomic E-state index is 6.01. The molecule has 0 amide bonds. The van der Waals surface area contributed by atoms with E-state index in [0.29, 0.717) is 17.5 Å². The van der Waals surface area contributed by atoms with Crippen molar-refractivity contribution in [3.63, 3.8) is 0 Å². The minimum Gasteiger partial charge on any atom is -0.439 e. The molecule has 0 aliphatic rings. The molecule has 0 fully saturated rings. The van der Waals surface area contributed by atoms with Crippen molar-refractivity contribution in [1.82, 2.24) is 9.97 Å². The van der Waals surface area contributed by atoms with Crippen molar-refractivity contribution in [2.75, 3.05) is 5.32 Å². The third kappa shape index (κ3) is 4.99. The van der Waals surface area contributed by atoms with E-state index in [2.05, 4.69) is 27.4 Å². The number of aromatic nitrogens is 2. The highest BCUT2D eigenvalue weighted by Gasteiger charge is 2.10. The van der Waals surface area contributed by atoms with Crippen LogP contribution in [0.5, 0.6) is 23.3 Å². The highest BCUT2D eigenvalue weighted by atomic mass is 16.5. The highest BCUT2D eigenvalue weighted by Crippen LogP contribution is 2.36. The van der Waals surface area contributed by atoms with Crippen LogP contribution in [0.25, 0.3) is 11.1 Å². The van der Waals surface area contributed by atoms with Crippen molar-refractivity contribution in [2.24, 2.45) is 0 Å². The number of anilines is 2. The lowest BCUT2D eigenvalue weighted by molar-refractivity contribution is 0.463. The van der Waals surface area contributed by atoms with Crippen molar-refractivity contribution < 1.29 is 9.47 Å². The zero-order chi connectivity index (χ0) is 22.3. The summed E-state index contributed by atoms with van der Waals surface area (Å²) in [5.74, 6) is 2.51. The minimum atomic E-state index is 0.541. The van der Waals surface area contributed by atoms with E-state index in [-0.39, 0.29) is 0 Å². The lowest BCUT2D eigenvalue weighted by Crippen LogP contribution is -1.97. The molecular formula is C28H21N3O2. The smallest absolute Gasteiger partial charge is 0.219 e. The number of pyridine rings is 2. The average Bonchev–Trinajstić information content (AvgIpc) is 2.87. The van der Waals surface area contributed by atoms with Gasteiger partial charge in [-0.2, -0.15) is 0 Å². The van der Waals surface area contributed by atoms with Gasteiger partial charge >= 0.3 is 0 Å². The summed E-state index contributed by atoms with van der Waals surface area (Å²) in [5, 5.41) is 3.52. The Hall–Kier alpha value is -4.64. The summed E-state index contributed by atoms with van der Waals surface area (Å²) >= 11 is 0. The van der Waals surface area contributed by atoms with Crippen LogP contribution in [-0.4, -0.2) is 9.97 Å². The Labute approximate surface area is 192 Å². The molecule has 0 saturated heterocycles. The Morgan fingerprint density at radius 1 is 0.545 bits per heavy atom. The number of para-hydroxylation sites is 3. The number of ether oxygens (including phenoxy) is 2. The molecule has 160 valence electrons. The molecule has 2 heterocycles. The maximum atomic E-state index is 6.01. The van der Waals surface area contributed by atoms with Gasteiger partial charge in [0.2, 0.25) is 11.8 Å². The quantitative estimate of drug-likeness (QED) is 0.290. The van der Waals surface area contributed by atoms with Crippen molar-refractivity contribution >= 4 is 11.4 Å². The largest absolute Gasteiger partial charge is 0.439 e.